The SMILES string of the molecule is CCc1cc(C2(C)CCCN2)c(C)cc1O. The summed E-state index contributed by atoms with van der Waals surface area (Å²) in [5.41, 5.74) is 3.68. The van der Waals surface area contributed by atoms with Crippen LogP contribution in [-0.4, -0.2) is 11.7 Å². The van der Waals surface area contributed by atoms with Gasteiger partial charge in [-0.15, -0.1) is 0 Å². The van der Waals surface area contributed by atoms with E-state index in [9.17, 15) is 5.11 Å². The molecule has 1 aliphatic heterocycles. The summed E-state index contributed by atoms with van der Waals surface area (Å²) in [4.78, 5) is 0. The number of hydrogen-bond donors (Lipinski definition) is 2. The number of nitrogens with one attached hydrogen (secondary N) is 1. The molecule has 2 nitrogen and oxygen atoms in total. The van der Waals surface area contributed by atoms with Crippen LogP contribution in [0, 0.1) is 6.92 Å². The Hall–Kier alpha value is -1.02. The van der Waals surface area contributed by atoms with E-state index in [2.05, 4.69) is 32.2 Å². The molecule has 0 aromatic heterocycles. The maximum atomic E-state index is 9.82. The first-order valence-electron chi connectivity index (χ1n) is 6.15. The lowest BCUT2D eigenvalue weighted by Crippen LogP contribution is -2.34. The molecule has 1 saturated heterocycles. The number of hydrogen-bond acceptors (Lipinski definition) is 2. The van der Waals surface area contributed by atoms with Gasteiger partial charge in [0.25, 0.3) is 0 Å². The molecule has 0 aliphatic carbocycles. The molecular formula is C14H21NO. The van der Waals surface area contributed by atoms with Crippen LogP contribution in [0.4, 0.5) is 0 Å². The minimum Gasteiger partial charge on any atom is -0.508 e. The molecule has 0 amide bonds. The number of aryl methyl sites for hydroxylation is 2. The van der Waals surface area contributed by atoms with Crippen LogP contribution in [0.1, 0.15) is 43.4 Å². The number of benzene rings is 1. The van der Waals surface area contributed by atoms with Crippen LogP contribution in [0.5, 0.6) is 5.75 Å². The van der Waals surface area contributed by atoms with Crippen molar-refractivity contribution in [1.29, 1.82) is 0 Å². The van der Waals surface area contributed by atoms with Crippen LogP contribution in [0.2, 0.25) is 0 Å². The van der Waals surface area contributed by atoms with Gasteiger partial charge in [-0.1, -0.05) is 13.0 Å². The molecule has 2 heteroatoms. The van der Waals surface area contributed by atoms with Crippen molar-refractivity contribution in [3.05, 3.63) is 28.8 Å². The molecule has 1 fully saturated rings. The second-order valence-electron chi connectivity index (χ2n) is 5.01. The zero-order chi connectivity index (χ0) is 11.8. The molecule has 1 heterocycles. The molecule has 0 bridgehead atoms. The second kappa shape index (κ2) is 4.10. The summed E-state index contributed by atoms with van der Waals surface area (Å²) in [5, 5.41) is 13.4. The predicted octanol–water partition coefficient (Wildman–Crippen LogP) is 2.86. The van der Waals surface area contributed by atoms with Crippen molar-refractivity contribution in [3.63, 3.8) is 0 Å². The maximum Gasteiger partial charge on any atom is 0.119 e. The van der Waals surface area contributed by atoms with Gasteiger partial charge in [0.2, 0.25) is 0 Å². The third kappa shape index (κ3) is 1.82. The highest BCUT2D eigenvalue weighted by Crippen LogP contribution is 2.35. The van der Waals surface area contributed by atoms with Gasteiger partial charge in [-0.05, 0) is 62.4 Å². The molecule has 0 radical (unpaired) electrons. The van der Waals surface area contributed by atoms with E-state index in [0.29, 0.717) is 5.75 Å². The third-order valence-electron chi connectivity index (χ3n) is 3.77. The van der Waals surface area contributed by atoms with E-state index in [1.54, 1.807) is 0 Å². The van der Waals surface area contributed by atoms with Gasteiger partial charge >= 0.3 is 0 Å². The van der Waals surface area contributed by atoms with Crippen molar-refractivity contribution in [2.24, 2.45) is 0 Å². The molecule has 0 saturated carbocycles. The van der Waals surface area contributed by atoms with Gasteiger partial charge in [-0.2, -0.15) is 0 Å². The quantitative estimate of drug-likeness (QED) is 0.801. The van der Waals surface area contributed by atoms with Gasteiger partial charge in [0, 0.05) is 5.54 Å². The Kier molecular flexibility index (Phi) is 2.94. The standard InChI is InChI=1S/C14H21NO/c1-4-11-9-12(10(2)8-13(11)16)14(3)6-5-7-15-14/h8-9,15-16H,4-7H2,1-3H3. The lowest BCUT2D eigenvalue weighted by molar-refractivity contribution is 0.428. The van der Waals surface area contributed by atoms with E-state index >= 15 is 0 Å². The average molecular weight is 219 g/mol. The van der Waals surface area contributed by atoms with Crippen molar-refractivity contribution in [2.75, 3.05) is 6.54 Å². The summed E-state index contributed by atoms with van der Waals surface area (Å²) in [6.07, 6.45) is 3.30. The molecule has 1 aromatic carbocycles. The van der Waals surface area contributed by atoms with Crippen LogP contribution in [-0.2, 0) is 12.0 Å². The fourth-order valence-electron chi connectivity index (χ4n) is 2.74. The second-order valence-corrected chi connectivity index (χ2v) is 5.01. The van der Waals surface area contributed by atoms with Crippen LogP contribution in [0.25, 0.3) is 0 Å². The highest BCUT2D eigenvalue weighted by Gasteiger charge is 2.31. The minimum atomic E-state index is 0.0989. The first kappa shape index (κ1) is 11.5. The Labute approximate surface area is 97.7 Å². The summed E-state index contributed by atoms with van der Waals surface area (Å²) in [5.74, 6) is 0.436. The number of phenolic OH excluding ortho intramolecular Hbond substituents is 1. The molecule has 88 valence electrons. The van der Waals surface area contributed by atoms with Gasteiger partial charge < -0.3 is 10.4 Å². The molecule has 2 rings (SSSR count). The van der Waals surface area contributed by atoms with Crippen LogP contribution in [0.15, 0.2) is 12.1 Å². The fourth-order valence-corrected chi connectivity index (χ4v) is 2.74. The predicted molar refractivity (Wildman–Crippen MR) is 66.8 cm³/mol. The molecule has 1 atom stereocenters. The summed E-state index contributed by atoms with van der Waals surface area (Å²) in [7, 11) is 0. The fraction of sp³-hybridized carbons (Fsp3) is 0.571. The highest BCUT2D eigenvalue weighted by molar-refractivity contribution is 5.44. The molecule has 2 N–H and O–H groups in total. The van der Waals surface area contributed by atoms with E-state index in [1.807, 2.05) is 6.07 Å². The topological polar surface area (TPSA) is 32.3 Å². The molecule has 0 spiro atoms. The monoisotopic (exact) mass is 219 g/mol. The molecule has 1 aliphatic rings. The van der Waals surface area contributed by atoms with E-state index in [1.165, 1.54) is 24.0 Å². The number of aromatic hydroxyl groups is 1. The van der Waals surface area contributed by atoms with E-state index in [-0.39, 0.29) is 5.54 Å². The van der Waals surface area contributed by atoms with Crippen molar-refractivity contribution < 1.29 is 5.11 Å². The third-order valence-corrected chi connectivity index (χ3v) is 3.77. The first-order valence-corrected chi connectivity index (χ1v) is 6.15. The molecule has 16 heavy (non-hydrogen) atoms. The van der Waals surface area contributed by atoms with E-state index < -0.39 is 0 Å². The summed E-state index contributed by atoms with van der Waals surface area (Å²) >= 11 is 0. The van der Waals surface area contributed by atoms with Gasteiger partial charge in [0.05, 0.1) is 0 Å². The van der Waals surface area contributed by atoms with Gasteiger partial charge in [0.15, 0.2) is 0 Å². The summed E-state index contributed by atoms with van der Waals surface area (Å²) in [6, 6.07) is 4.07. The lowest BCUT2D eigenvalue weighted by Gasteiger charge is -2.28. The van der Waals surface area contributed by atoms with Crippen molar-refractivity contribution in [3.8, 4) is 5.75 Å². The van der Waals surface area contributed by atoms with Gasteiger partial charge in [0.1, 0.15) is 5.75 Å². The van der Waals surface area contributed by atoms with Crippen molar-refractivity contribution in [2.45, 2.75) is 45.6 Å². The van der Waals surface area contributed by atoms with Gasteiger partial charge in [-0.25, -0.2) is 0 Å². The Bertz CT molecular complexity index is 392. The maximum absolute atomic E-state index is 9.82. The molecular weight excluding hydrogens is 198 g/mol. The molecule has 1 unspecified atom stereocenters. The van der Waals surface area contributed by atoms with Crippen LogP contribution < -0.4 is 5.32 Å². The van der Waals surface area contributed by atoms with Crippen molar-refractivity contribution >= 4 is 0 Å². The average Bonchev–Trinajstić information content (AvgIpc) is 2.66. The van der Waals surface area contributed by atoms with E-state index in [4.69, 9.17) is 0 Å². The minimum absolute atomic E-state index is 0.0989. The van der Waals surface area contributed by atoms with Gasteiger partial charge in [-0.3, -0.25) is 0 Å². The van der Waals surface area contributed by atoms with Crippen LogP contribution in [0.3, 0.4) is 0 Å². The van der Waals surface area contributed by atoms with Crippen molar-refractivity contribution in [1.82, 2.24) is 5.32 Å². The number of rotatable bonds is 2. The highest BCUT2D eigenvalue weighted by atomic mass is 16.3. The summed E-state index contributed by atoms with van der Waals surface area (Å²) in [6.45, 7) is 7.52. The first-order chi connectivity index (χ1) is 7.57. The number of phenols is 1. The summed E-state index contributed by atoms with van der Waals surface area (Å²) < 4.78 is 0. The zero-order valence-electron chi connectivity index (χ0n) is 10.4. The van der Waals surface area contributed by atoms with Crippen LogP contribution >= 0.6 is 0 Å². The Morgan fingerprint density at radius 3 is 2.75 bits per heavy atom. The Balaban J connectivity index is 2.47. The Morgan fingerprint density at radius 1 is 1.44 bits per heavy atom. The van der Waals surface area contributed by atoms with E-state index in [0.717, 1.165) is 18.5 Å². The zero-order valence-corrected chi connectivity index (χ0v) is 10.4. The smallest absolute Gasteiger partial charge is 0.119 e. The largest absolute Gasteiger partial charge is 0.508 e. The normalized spacial score (nSPS) is 24.9. The lowest BCUT2D eigenvalue weighted by atomic mass is 9.85. The Morgan fingerprint density at radius 2 is 2.19 bits per heavy atom. The molecule has 1 aromatic rings.